The van der Waals surface area contributed by atoms with Crippen molar-refractivity contribution in [3.05, 3.63) is 58.2 Å². The number of amides is 2. The Labute approximate surface area is 160 Å². The number of fused-ring (bicyclic) bond motifs is 1. The zero-order valence-electron chi connectivity index (χ0n) is 15.7. The van der Waals surface area contributed by atoms with Gasteiger partial charge in [-0.3, -0.25) is 25.1 Å². The van der Waals surface area contributed by atoms with Gasteiger partial charge in [-0.2, -0.15) is 5.10 Å². The molecule has 9 nitrogen and oxygen atoms in total. The number of nitrogens with one attached hydrogen (secondary N) is 2. The molecule has 0 aliphatic rings. The van der Waals surface area contributed by atoms with Crippen LogP contribution in [0.15, 0.2) is 45.7 Å². The number of rotatable bonds is 5. The van der Waals surface area contributed by atoms with Crippen LogP contribution in [0.4, 0.5) is 0 Å². The zero-order valence-corrected chi connectivity index (χ0v) is 15.7. The van der Waals surface area contributed by atoms with Crippen LogP contribution in [0.5, 0.6) is 5.75 Å². The molecule has 1 aromatic carbocycles. The van der Waals surface area contributed by atoms with Crippen molar-refractivity contribution in [3.8, 4) is 5.75 Å². The summed E-state index contributed by atoms with van der Waals surface area (Å²) in [7, 11) is 0. The van der Waals surface area contributed by atoms with E-state index in [0.717, 1.165) is 6.07 Å². The molecule has 0 unspecified atom stereocenters. The summed E-state index contributed by atoms with van der Waals surface area (Å²) in [6.07, 6.45) is 1.60. The van der Waals surface area contributed by atoms with Crippen LogP contribution < -0.4 is 21.2 Å². The molecular weight excluding hydrogens is 364 g/mol. The first-order valence-electron chi connectivity index (χ1n) is 8.76. The van der Waals surface area contributed by atoms with Gasteiger partial charge in [-0.1, -0.05) is 0 Å². The molecule has 0 aliphatic heterocycles. The van der Waals surface area contributed by atoms with Crippen molar-refractivity contribution < 1.29 is 18.7 Å². The first kappa shape index (κ1) is 19.2. The van der Waals surface area contributed by atoms with Crippen molar-refractivity contribution in [2.75, 3.05) is 0 Å². The van der Waals surface area contributed by atoms with E-state index in [9.17, 15) is 14.4 Å². The molecule has 0 saturated carbocycles. The minimum Gasteiger partial charge on any atom is -0.491 e. The topological polar surface area (TPSA) is 115 Å². The normalized spacial score (nSPS) is 10.9. The van der Waals surface area contributed by atoms with E-state index in [-0.39, 0.29) is 22.9 Å². The van der Waals surface area contributed by atoms with E-state index in [1.807, 2.05) is 20.8 Å². The van der Waals surface area contributed by atoms with E-state index >= 15 is 0 Å². The van der Waals surface area contributed by atoms with Crippen molar-refractivity contribution in [1.29, 1.82) is 0 Å². The van der Waals surface area contributed by atoms with E-state index in [1.54, 1.807) is 29.1 Å². The summed E-state index contributed by atoms with van der Waals surface area (Å²) in [5.41, 5.74) is 4.33. The highest BCUT2D eigenvalue weighted by Gasteiger charge is 2.16. The molecule has 0 bridgehead atoms. The maximum atomic E-state index is 12.5. The fourth-order valence-electron chi connectivity index (χ4n) is 2.58. The van der Waals surface area contributed by atoms with E-state index in [1.165, 1.54) is 6.07 Å². The number of carbonyl (C=O) groups excluding carboxylic acids is 2. The molecule has 9 heteroatoms. The van der Waals surface area contributed by atoms with E-state index in [4.69, 9.17) is 9.15 Å². The van der Waals surface area contributed by atoms with Gasteiger partial charge in [0.15, 0.2) is 5.69 Å². The fraction of sp³-hybridized carbons (Fsp3) is 0.263. The molecule has 0 spiro atoms. The average molecular weight is 384 g/mol. The highest BCUT2D eigenvalue weighted by atomic mass is 16.5. The minimum absolute atomic E-state index is 0.0537. The number of nitrogens with zero attached hydrogens (tertiary/aromatic N) is 2. The smallest absolute Gasteiger partial charge is 0.337 e. The third-order valence-electron chi connectivity index (χ3n) is 3.82. The van der Waals surface area contributed by atoms with Crippen molar-refractivity contribution in [2.24, 2.45) is 0 Å². The summed E-state index contributed by atoms with van der Waals surface area (Å²) in [5.74, 6) is -0.706. The van der Waals surface area contributed by atoms with Crippen LogP contribution in [0.3, 0.4) is 0 Å². The molecule has 28 heavy (non-hydrogen) atoms. The van der Waals surface area contributed by atoms with Gasteiger partial charge in [0, 0.05) is 30.3 Å². The number of hydrogen-bond acceptors (Lipinski definition) is 6. The van der Waals surface area contributed by atoms with Gasteiger partial charge in [0.1, 0.15) is 11.3 Å². The molecule has 0 saturated heterocycles. The van der Waals surface area contributed by atoms with Crippen molar-refractivity contribution >= 4 is 22.8 Å². The Morgan fingerprint density at radius 2 is 1.93 bits per heavy atom. The second-order valence-corrected chi connectivity index (χ2v) is 6.27. The SMILES string of the molecule is CCn1ccc(C(=O)NNC(=O)c2cc(=O)oc3cc(OC(C)C)ccc23)n1. The van der Waals surface area contributed by atoms with Crippen LogP contribution in [-0.2, 0) is 6.54 Å². The Balaban J connectivity index is 1.80. The molecular formula is C19H20N4O5. The second kappa shape index (κ2) is 7.95. The van der Waals surface area contributed by atoms with E-state index < -0.39 is 17.4 Å². The predicted molar refractivity (Wildman–Crippen MR) is 101 cm³/mol. The van der Waals surface area contributed by atoms with Gasteiger partial charge < -0.3 is 9.15 Å². The van der Waals surface area contributed by atoms with Gasteiger partial charge in [-0.15, -0.1) is 0 Å². The van der Waals surface area contributed by atoms with Gasteiger partial charge in [0.2, 0.25) is 0 Å². The molecule has 2 heterocycles. The van der Waals surface area contributed by atoms with E-state index in [0.29, 0.717) is 17.7 Å². The second-order valence-electron chi connectivity index (χ2n) is 6.27. The van der Waals surface area contributed by atoms with Gasteiger partial charge in [-0.05, 0) is 39.0 Å². The van der Waals surface area contributed by atoms with Crippen LogP contribution in [0.25, 0.3) is 11.0 Å². The van der Waals surface area contributed by atoms with E-state index in [2.05, 4.69) is 16.0 Å². The molecule has 2 aromatic heterocycles. The molecule has 146 valence electrons. The third-order valence-corrected chi connectivity index (χ3v) is 3.82. The Kier molecular flexibility index (Phi) is 5.44. The largest absolute Gasteiger partial charge is 0.491 e. The molecule has 3 aromatic rings. The first-order chi connectivity index (χ1) is 13.4. The number of hydrazine groups is 1. The molecule has 2 N–H and O–H groups in total. The lowest BCUT2D eigenvalue weighted by atomic mass is 10.1. The molecule has 0 radical (unpaired) electrons. The summed E-state index contributed by atoms with van der Waals surface area (Å²) in [6, 6.07) is 7.45. The number of carbonyl (C=O) groups is 2. The highest BCUT2D eigenvalue weighted by molar-refractivity contribution is 6.06. The van der Waals surface area contributed by atoms with Crippen LogP contribution in [0.2, 0.25) is 0 Å². The first-order valence-corrected chi connectivity index (χ1v) is 8.76. The lowest BCUT2D eigenvalue weighted by molar-refractivity contribution is 0.0844. The highest BCUT2D eigenvalue weighted by Crippen LogP contribution is 2.23. The fourth-order valence-corrected chi connectivity index (χ4v) is 2.58. The number of aromatic nitrogens is 2. The Bertz CT molecular complexity index is 1080. The van der Waals surface area contributed by atoms with Crippen LogP contribution in [0, 0.1) is 0 Å². The Morgan fingerprint density at radius 3 is 2.61 bits per heavy atom. The number of ether oxygens (including phenoxy) is 1. The molecule has 0 aliphatic carbocycles. The van der Waals surface area contributed by atoms with Crippen molar-refractivity contribution in [1.82, 2.24) is 20.6 Å². The monoisotopic (exact) mass is 384 g/mol. The Morgan fingerprint density at radius 1 is 1.18 bits per heavy atom. The lowest BCUT2D eigenvalue weighted by Crippen LogP contribution is -2.42. The maximum absolute atomic E-state index is 12.5. The van der Waals surface area contributed by atoms with Gasteiger partial charge in [0.25, 0.3) is 11.8 Å². The lowest BCUT2D eigenvalue weighted by Gasteiger charge is -2.11. The van der Waals surface area contributed by atoms with Gasteiger partial charge in [-0.25, -0.2) is 4.79 Å². The summed E-state index contributed by atoms with van der Waals surface area (Å²) >= 11 is 0. The van der Waals surface area contributed by atoms with Crippen LogP contribution >= 0.6 is 0 Å². The quantitative estimate of drug-likeness (QED) is 0.513. The number of hydrogen-bond donors (Lipinski definition) is 2. The van der Waals surface area contributed by atoms with Crippen molar-refractivity contribution in [2.45, 2.75) is 33.4 Å². The number of benzene rings is 1. The Hall–Kier alpha value is -3.62. The standard InChI is InChI=1S/C19H20N4O5/c1-4-23-8-7-15(22-23)19(26)21-20-18(25)14-10-17(24)28-16-9-12(27-11(2)3)5-6-13(14)16/h5-11H,4H2,1-3H3,(H,20,25)(H,21,26). The third kappa shape index (κ3) is 4.20. The molecule has 2 amide bonds. The van der Waals surface area contributed by atoms with Crippen molar-refractivity contribution in [3.63, 3.8) is 0 Å². The van der Waals surface area contributed by atoms with Gasteiger partial charge >= 0.3 is 5.63 Å². The van der Waals surface area contributed by atoms with Crippen LogP contribution in [-0.4, -0.2) is 27.7 Å². The average Bonchev–Trinajstić information content (AvgIpc) is 3.13. The summed E-state index contributed by atoms with van der Waals surface area (Å²) in [5, 5.41) is 4.47. The summed E-state index contributed by atoms with van der Waals surface area (Å²) < 4.78 is 12.3. The number of aryl methyl sites for hydroxylation is 1. The molecule has 3 rings (SSSR count). The molecule has 0 fully saturated rings. The summed E-state index contributed by atoms with van der Waals surface area (Å²) in [6.45, 7) is 6.25. The zero-order chi connectivity index (χ0) is 20.3. The van der Waals surface area contributed by atoms with Crippen LogP contribution in [0.1, 0.15) is 41.6 Å². The summed E-state index contributed by atoms with van der Waals surface area (Å²) in [4.78, 5) is 36.4. The van der Waals surface area contributed by atoms with Gasteiger partial charge in [0.05, 0.1) is 11.7 Å². The predicted octanol–water partition coefficient (Wildman–Crippen LogP) is 1.87. The molecule has 0 atom stereocenters. The maximum Gasteiger partial charge on any atom is 0.337 e. The minimum atomic E-state index is -0.688.